The van der Waals surface area contributed by atoms with E-state index in [4.69, 9.17) is 0 Å². The minimum atomic E-state index is -3.04. The highest BCUT2D eigenvalue weighted by atomic mass is 79.9. The maximum atomic E-state index is 11.4. The molecule has 1 unspecified atom stereocenters. The van der Waals surface area contributed by atoms with E-state index in [-0.39, 0.29) is 5.75 Å². The SMILES string of the molecule is CN(CCS(C)(=O)=O)c1cc2c(cc1Br)C(O)C(=O)N2. The molecule has 0 bridgehead atoms. The number of halogens is 1. The lowest BCUT2D eigenvalue weighted by Crippen LogP contribution is -2.25. The lowest BCUT2D eigenvalue weighted by atomic mass is 10.1. The van der Waals surface area contributed by atoms with Crippen molar-refractivity contribution in [2.75, 3.05) is 35.8 Å². The third-order valence-corrected chi connectivity index (χ3v) is 4.69. The Morgan fingerprint density at radius 3 is 2.70 bits per heavy atom. The Kier molecular flexibility index (Phi) is 4.08. The second-order valence-electron chi connectivity index (χ2n) is 4.83. The van der Waals surface area contributed by atoms with Crippen molar-refractivity contribution < 1.29 is 18.3 Å². The van der Waals surface area contributed by atoms with E-state index < -0.39 is 21.8 Å². The van der Waals surface area contributed by atoms with Crippen LogP contribution in [0.5, 0.6) is 0 Å². The Balaban J connectivity index is 2.26. The summed E-state index contributed by atoms with van der Waals surface area (Å²) < 4.78 is 23.1. The number of aliphatic hydroxyl groups is 1. The second-order valence-corrected chi connectivity index (χ2v) is 7.95. The molecule has 1 atom stereocenters. The lowest BCUT2D eigenvalue weighted by Gasteiger charge is -2.21. The van der Waals surface area contributed by atoms with Crippen LogP contribution in [0.2, 0.25) is 0 Å². The monoisotopic (exact) mass is 362 g/mol. The molecular weight excluding hydrogens is 348 g/mol. The Morgan fingerprint density at radius 1 is 1.45 bits per heavy atom. The highest BCUT2D eigenvalue weighted by Crippen LogP contribution is 2.38. The highest BCUT2D eigenvalue weighted by Gasteiger charge is 2.29. The van der Waals surface area contributed by atoms with Gasteiger partial charge >= 0.3 is 0 Å². The fraction of sp³-hybridized carbons (Fsp3) is 0.417. The smallest absolute Gasteiger partial charge is 0.257 e. The van der Waals surface area contributed by atoms with Gasteiger partial charge in [-0.25, -0.2) is 8.42 Å². The van der Waals surface area contributed by atoms with Gasteiger partial charge in [-0.1, -0.05) is 0 Å². The van der Waals surface area contributed by atoms with Crippen LogP contribution in [0.25, 0.3) is 0 Å². The number of nitrogens with one attached hydrogen (secondary N) is 1. The average Bonchev–Trinajstić information content (AvgIpc) is 2.61. The van der Waals surface area contributed by atoms with Crippen LogP contribution < -0.4 is 10.2 Å². The molecule has 0 saturated heterocycles. The molecule has 2 N–H and O–H groups in total. The van der Waals surface area contributed by atoms with E-state index in [1.54, 1.807) is 24.1 Å². The first-order valence-electron chi connectivity index (χ1n) is 5.90. The fourth-order valence-electron chi connectivity index (χ4n) is 1.97. The van der Waals surface area contributed by atoms with Gasteiger partial charge in [0.25, 0.3) is 5.91 Å². The van der Waals surface area contributed by atoms with E-state index in [0.717, 1.165) is 5.69 Å². The zero-order valence-corrected chi connectivity index (χ0v) is 13.5. The van der Waals surface area contributed by atoms with Crippen molar-refractivity contribution in [3.8, 4) is 0 Å². The lowest BCUT2D eigenvalue weighted by molar-refractivity contribution is -0.123. The Hall–Kier alpha value is -1.12. The Morgan fingerprint density at radius 2 is 2.10 bits per heavy atom. The normalized spacial score (nSPS) is 17.8. The van der Waals surface area contributed by atoms with Crippen LogP contribution in [-0.4, -0.2) is 45.0 Å². The van der Waals surface area contributed by atoms with E-state index in [1.165, 1.54) is 6.26 Å². The van der Waals surface area contributed by atoms with Gasteiger partial charge in [0.1, 0.15) is 9.84 Å². The first-order chi connectivity index (χ1) is 9.19. The average molecular weight is 363 g/mol. The molecular formula is C12H15BrN2O4S. The number of carbonyl (C=O) groups is 1. The molecule has 1 aliphatic rings. The van der Waals surface area contributed by atoms with Crippen molar-refractivity contribution in [3.05, 3.63) is 22.2 Å². The standard InChI is InChI=1S/C12H15BrN2O4S/c1-15(3-4-20(2,18)19)10-6-9-7(5-8(10)13)11(16)12(17)14-9/h5-6,11,16H,3-4H2,1-2H3,(H,14,17). The molecule has 0 radical (unpaired) electrons. The number of benzene rings is 1. The fourth-order valence-corrected chi connectivity index (χ4v) is 3.24. The summed E-state index contributed by atoms with van der Waals surface area (Å²) in [6.07, 6.45) is 0.0338. The summed E-state index contributed by atoms with van der Waals surface area (Å²) in [6.45, 7) is 0.340. The molecule has 1 aliphatic heterocycles. The second kappa shape index (κ2) is 5.34. The number of hydrogen-bond donors (Lipinski definition) is 2. The van der Waals surface area contributed by atoms with Gasteiger partial charge in [-0.05, 0) is 28.1 Å². The molecule has 0 fully saturated rings. The van der Waals surface area contributed by atoms with Crippen molar-refractivity contribution in [2.45, 2.75) is 6.10 Å². The van der Waals surface area contributed by atoms with Gasteiger partial charge < -0.3 is 15.3 Å². The number of fused-ring (bicyclic) bond motifs is 1. The predicted molar refractivity (Wildman–Crippen MR) is 80.7 cm³/mol. The molecule has 0 spiro atoms. The number of carbonyl (C=O) groups excluding carboxylic acids is 1. The minimum Gasteiger partial charge on any atom is -0.378 e. The molecule has 1 aromatic rings. The van der Waals surface area contributed by atoms with Gasteiger partial charge in [0.05, 0.1) is 11.4 Å². The zero-order chi connectivity index (χ0) is 15.1. The summed E-state index contributed by atoms with van der Waals surface area (Å²) in [7, 11) is -1.27. The van der Waals surface area contributed by atoms with E-state index in [0.29, 0.717) is 22.3 Å². The quantitative estimate of drug-likeness (QED) is 0.831. The summed E-state index contributed by atoms with van der Waals surface area (Å²) in [5.74, 6) is -0.412. The Labute approximate surface area is 125 Å². The first kappa shape index (κ1) is 15.3. The topological polar surface area (TPSA) is 86.7 Å². The maximum Gasteiger partial charge on any atom is 0.257 e. The van der Waals surface area contributed by atoms with Crippen LogP contribution >= 0.6 is 15.9 Å². The van der Waals surface area contributed by atoms with Crippen molar-refractivity contribution >= 4 is 43.0 Å². The van der Waals surface area contributed by atoms with Gasteiger partial charge in [-0.15, -0.1) is 0 Å². The molecule has 0 saturated carbocycles. The third-order valence-electron chi connectivity index (χ3n) is 3.13. The molecule has 110 valence electrons. The summed E-state index contributed by atoms with van der Waals surface area (Å²) in [6, 6.07) is 3.39. The van der Waals surface area contributed by atoms with Crippen molar-refractivity contribution in [2.24, 2.45) is 0 Å². The van der Waals surface area contributed by atoms with Crippen LogP contribution in [0.3, 0.4) is 0 Å². The molecule has 1 amide bonds. The van der Waals surface area contributed by atoms with E-state index >= 15 is 0 Å². The number of nitrogens with zero attached hydrogens (tertiary/aromatic N) is 1. The maximum absolute atomic E-state index is 11.4. The molecule has 20 heavy (non-hydrogen) atoms. The summed E-state index contributed by atoms with van der Waals surface area (Å²) in [5.41, 5.74) is 1.82. The summed E-state index contributed by atoms with van der Waals surface area (Å²) in [4.78, 5) is 13.2. The number of sulfone groups is 1. The van der Waals surface area contributed by atoms with E-state index in [9.17, 15) is 18.3 Å². The molecule has 0 aliphatic carbocycles. The van der Waals surface area contributed by atoms with Crippen LogP contribution in [0.4, 0.5) is 11.4 Å². The number of hydrogen-bond acceptors (Lipinski definition) is 5. The van der Waals surface area contributed by atoms with E-state index in [2.05, 4.69) is 21.2 Å². The van der Waals surface area contributed by atoms with Gasteiger partial charge in [-0.2, -0.15) is 0 Å². The predicted octanol–water partition coefficient (Wildman–Crippen LogP) is 0.915. The number of amides is 1. The number of rotatable bonds is 4. The first-order valence-corrected chi connectivity index (χ1v) is 8.75. The van der Waals surface area contributed by atoms with Gasteiger partial charge in [0, 0.05) is 35.6 Å². The molecule has 1 aromatic carbocycles. The molecule has 8 heteroatoms. The number of anilines is 2. The highest BCUT2D eigenvalue weighted by molar-refractivity contribution is 9.10. The van der Waals surface area contributed by atoms with Gasteiger partial charge in [0.2, 0.25) is 0 Å². The third kappa shape index (κ3) is 3.13. The van der Waals surface area contributed by atoms with Gasteiger partial charge in [0.15, 0.2) is 6.10 Å². The molecule has 2 rings (SSSR count). The van der Waals surface area contributed by atoms with Crippen LogP contribution in [-0.2, 0) is 14.6 Å². The Bertz CT molecular complexity index is 660. The minimum absolute atomic E-state index is 0.0437. The molecule has 6 nitrogen and oxygen atoms in total. The van der Waals surface area contributed by atoms with E-state index in [1.807, 2.05) is 0 Å². The van der Waals surface area contributed by atoms with Crippen molar-refractivity contribution in [1.29, 1.82) is 0 Å². The zero-order valence-electron chi connectivity index (χ0n) is 11.1. The van der Waals surface area contributed by atoms with Crippen molar-refractivity contribution in [1.82, 2.24) is 0 Å². The van der Waals surface area contributed by atoms with Gasteiger partial charge in [-0.3, -0.25) is 4.79 Å². The summed E-state index contributed by atoms with van der Waals surface area (Å²) >= 11 is 3.38. The molecule has 1 heterocycles. The van der Waals surface area contributed by atoms with Crippen LogP contribution in [0.15, 0.2) is 16.6 Å². The largest absolute Gasteiger partial charge is 0.378 e. The number of aliphatic hydroxyl groups excluding tert-OH is 1. The van der Waals surface area contributed by atoms with Crippen LogP contribution in [0, 0.1) is 0 Å². The van der Waals surface area contributed by atoms with Crippen molar-refractivity contribution in [3.63, 3.8) is 0 Å². The van der Waals surface area contributed by atoms with Crippen LogP contribution in [0.1, 0.15) is 11.7 Å². The summed E-state index contributed by atoms with van der Waals surface area (Å²) in [5, 5.41) is 12.3. The molecule has 0 aromatic heterocycles.